The molecule has 0 spiro atoms. The Morgan fingerprint density at radius 3 is 2.88 bits per heavy atom. The summed E-state index contributed by atoms with van der Waals surface area (Å²) in [5, 5.41) is 20.7. The Hall–Kier alpha value is -1.47. The number of aromatic amines is 1. The average molecular weight is 269 g/mol. The molecule has 3 aromatic rings. The van der Waals surface area contributed by atoms with Crippen LogP contribution < -0.4 is 0 Å². The molecule has 17 heavy (non-hydrogen) atoms. The summed E-state index contributed by atoms with van der Waals surface area (Å²) in [5.74, 6) is 1.12. The molecule has 3 rings (SSSR count). The van der Waals surface area contributed by atoms with Crippen molar-refractivity contribution in [2.75, 3.05) is 0 Å². The molecule has 0 saturated carbocycles. The molecular weight excluding hydrogens is 260 g/mol. The minimum Gasteiger partial charge on any atom is -0.274 e. The van der Waals surface area contributed by atoms with E-state index in [9.17, 15) is 0 Å². The van der Waals surface area contributed by atoms with Crippen LogP contribution in [0.1, 0.15) is 25.6 Å². The Bertz CT molecular complexity index is 666. The van der Waals surface area contributed by atoms with Gasteiger partial charge in [0, 0.05) is 5.92 Å². The minimum atomic E-state index is 0.275. The molecule has 0 aliphatic rings. The van der Waals surface area contributed by atoms with Gasteiger partial charge < -0.3 is 0 Å². The second kappa shape index (κ2) is 3.78. The topological polar surface area (TPSA) is 71.8 Å². The Morgan fingerprint density at radius 1 is 1.41 bits per heavy atom. The maximum atomic E-state index is 6.00. The van der Waals surface area contributed by atoms with E-state index in [2.05, 4.69) is 39.3 Å². The van der Waals surface area contributed by atoms with E-state index in [0.29, 0.717) is 5.02 Å². The van der Waals surface area contributed by atoms with E-state index < -0.39 is 0 Å². The number of halogens is 1. The van der Waals surface area contributed by atoms with Crippen molar-refractivity contribution in [1.29, 1.82) is 0 Å². The predicted octanol–water partition coefficient (Wildman–Crippen LogP) is 2.35. The monoisotopic (exact) mass is 268 g/mol. The summed E-state index contributed by atoms with van der Waals surface area (Å²) in [6.45, 7) is 4.11. The number of aromatic nitrogens is 6. The lowest BCUT2D eigenvalue weighted by Crippen LogP contribution is -1.97. The SMILES string of the molecule is CC(C)c1nnc2sc(-c3[nH]ncc3Cl)nn12. The highest BCUT2D eigenvalue weighted by atomic mass is 35.5. The van der Waals surface area contributed by atoms with Crippen LogP contribution in [0.5, 0.6) is 0 Å². The molecule has 0 unspecified atom stereocenters. The van der Waals surface area contributed by atoms with Gasteiger partial charge in [-0.25, -0.2) is 0 Å². The number of H-pyrrole nitrogens is 1. The van der Waals surface area contributed by atoms with E-state index in [4.69, 9.17) is 11.6 Å². The van der Waals surface area contributed by atoms with Crippen LogP contribution in [0.2, 0.25) is 5.02 Å². The van der Waals surface area contributed by atoms with Gasteiger partial charge in [-0.1, -0.05) is 36.8 Å². The number of nitrogens with one attached hydrogen (secondary N) is 1. The van der Waals surface area contributed by atoms with Crippen molar-refractivity contribution in [1.82, 2.24) is 30.0 Å². The summed E-state index contributed by atoms with van der Waals surface area (Å²) in [6, 6.07) is 0. The maximum Gasteiger partial charge on any atom is 0.235 e. The summed E-state index contributed by atoms with van der Waals surface area (Å²) in [6.07, 6.45) is 1.56. The highest BCUT2D eigenvalue weighted by Crippen LogP contribution is 2.29. The third-order valence-corrected chi connectivity index (χ3v) is 3.54. The molecule has 3 heterocycles. The van der Waals surface area contributed by atoms with Gasteiger partial charge in [-0.15, -0.1) is 10.2 Å². The van der Waals surface area contributed by atoms with Gasteiger partial charge in [0.1, 0.15) is 5.69 Å². The molecule has 0 saturated heterocycles. The number of rotatable bonds is 2. The zero-order chi connectivity index (χ0) is 12.0. The molecule has 1 N–H and O–H groups in total. The normalized spacial score (nSPS) is 11.8. The van der Waals surface area contributed by atoms with Gasteiger partial charge in [-0.05, 0) is 0 Å². The van der Waals surface area contributed by atoms with Crippen LogP contribution >= 0.6 is 22.9 Å². The molecule has 0 aliphatic carbocycles. The molecule has 0 amide bonds. The summed E-state index contributed by atoms with van der Waals surface area (Å²) >= 11 is 7.43. The number of hydrogen-bond acceptors (Lipinski definition) is 5. The fourth-order valence-corrected chi connectivity index (χ4v) is 2.61. The highest BCUT2D eigenvalue weighted by Gasteiger charge is 2.17. The zero-order valence-corrected chi connectivity index (χ0v) is 10.7. The Labute approximate surface area is 106 Å². The minimum absolute atomic E-state index is 0.275. The average Bonchev–Trinajstić information content (AvgIpc) is 2.89. The second-order valence-corrected chi connectivity index (χ2v) is 5.27. The fraction of sp³-hybridized carbons (Fsp3) is 0.333. The van der Waals surface area contributed by atoms with Crippen molar-refractivity contribution in [2.45, 2.75) is 19.8 Å². The quantitative estimate of drug-likeness (QED) is 0.774. The van der Waals surface area contributed by atoms with Crippen LogP contribution in [0.4, 0.5) is 0 Å². The van der Waals surface area contributed by atoms with Gasteiger partial charge in [-0.3, -0.25) is 5.10 Å². The Balaban J connectivity index is 2.18. The van der Waals surface area contributed by atoms with Crippen LogP contribution in [-0.4, -0.2) is 30.0 Å². The second-order valence-electron chi connectivity index (χ2n) is 3.91. The van der Waals surface area contributed by atoms with Crippen molar-refractivity contribution in [2.24, 2.45) is 0 Å². The number of nitrogens with zero attached hydrogens (tertiary/aromatic N) is 5. The Kier molecular flexibility index (Phi) is 2.37. The van der Waals surface area contributed by atoms with Crippen LogP contribution in [0, 0.1) is 0 Å². The third kappa shape index (κ3) is 1.62. The first-order chi connectivity index (χ1) is 8.16. The van der Waals surface area contributed by atoms with E-state index in [1.54, 1.807) is 10.7 Å². The maximum absolute atomic E-state index is 6.00. The third-order valence-electron chi connectivity index (χ3n) is 2.34. The van der Waals surface area contributed by atoms with Crippen LogP contribution in [0.3, 0.4) is 0 Å². The lowest BCUT2D eigenvalue weighted by molar-refractivity contribution is 0.726. The molecule has 0 aliphatic heterocycles. The Morgan fingerprint density at radius 2 is 2.24 bits per heavy atom. The standard InChI is InChI=1S/C9H9ClN6S/c1-4(2)7-13-14-9-16(7)15-8(17-9)6-5(10)3-11-12-6/h3-4H,1-2H3,(H,11,12). The number of hydrogen-bond donors (Lipinski definition) is 1. The van der Waals surface area contributed by atoms with E-state index in [1.165, 1.54) is 11.3 Å². The molecule has 0 atom stereocenters. The van der Waals surface area contributed by atoms with Gasteiger partial charge in [-0.2, -0.15) is 14.7 Å². The molecule has 0 fully saturated rings. The molecule has 88 valence electrons. The summed E-state index contributed by atoms with van der Waals surface area (Å²) < 4.78 is 1.75. The molecular formula is C9H9ClN6S. The van der Waals surface area contributed by atoms with E-state index in [0.717, 1.165) is 21.5 Å². The molecule has 0 radical (unpaired) electrons. The molecule has 3 aromatic heterocycles. The predicted molar refractivity (Wildman–Crippen MR) is 65.3 cm³/mol. The largest absolute Gasteiger partial charge is 0.274 e. The van der Waals surface area contributed by atoms with E-state index >= 15 is 0 Å². The van der Waals surface area contributed by atoms with Gasteiger partial charge in [0.2, 0.25) is 4.96 Å². The van der Waals surface area contributed by atoms with Crippen molar-refractivity contribution >= 4 is 27.9 Å². The van der Waals surface area contributed by atoms with Crippen LogP contribution in [-0.2, 0) is 0 Å². The molecule has 6 nitrogen and oxygen atoms in total. The summed E-state index contributed by atoms with van der Waals surface area (Å²) in [5.41, 5.74) is 0.719. The summed E-state index contributed by atoms with van der Waals surface area (Å²) in [7, 11) is 0. The van der Waals surface area contributed by atoms with Gasteiger partial charge in [0.05, 0.1) is 11.2 Å². The lowest BCUT2D eigenvalue weighted by Gasteiger charge is -1.97. The van der Waals surface area contributed by atoms with Gasteiger partial charge in [0.25, 0.3) is 0 Å². The first-order valence-corrected chi connectivity index (χ1v) is 6.27. The van der Waals surface area contributed by atoms with Gasteiger partial charge >= 0.3 is 0 Å². The summed E-state index contributed by atoms with van der Waals surface area (Å²) in [4.78, 5) is 0.759. The van der Waals surface area contributed by atoms with Crippen LogP contribution in [0.15, 0.2) is 6.20 Å². The fourth-order valence-electron chi connectivity index (χ4n) is 1.51. The van der Waals surface area contributed by atoms with Gasteiger partial charge in [0.15, 0.2) is 10.8 Å². The first-order valence-electron chi connectivity index (χ1n) is 5.08. The zero-order valence-electron chi connectivity index (χ0n) is 9.18. The molecule has 0 aromatic carbocycles. The smallest absolute Gasteiger partial charge is 0.235 e. The van der Waals surface area contributed by atoms with Crippen molar-refractivity contribution in [3.05, 3.63) is 17.0 Å². The van der Waals surface area contributed by atoms with Crippen molar-refractivity contribution in [3.63, 3.8) is 0 Å². The van der Waals surface area contributed by atoms with E-state index in [1.807, 2.05) is 0 Å². The first kappa shape index (κ1) is 10.7. The van der Waals surface area contributed by atoms with E-state index in [-0.39, 0.29) is 5.92 Å². The highest BCUT2D eigenvalue weighted by molar-refractivity contribution is 7.19. The van der Waals surface area contributed by atoms with Crippen LogP contribution in [0.25, 0.3) is 15.7 Å². The van der Waals surface area contributed by atoms with Crippen molar-refractivity contribution in [3.8, 4) is 10.7 Å². The number of fused-ring (bicyclic) bond motifs is 1. The molecule has 8 heteroatoms. The van der Waals surface area contributed by atoms with Crippen molar-refractivity contribution < 1.29 is 0 Å². The molecule has 0 bridgehead atoms. The lowest BCUT2D eigenvalue weighted by atomic mass is 10.2.